The number of ether oxygens (including phenoxy) is 8. The molecule has 206 valence electrons. The van der Waals surface area contributed by atoms with Crippen LogP contribution < -0.4 is 28.4 Å². The summed E-state index contributed by atoms with van der Waals surface area (Å²) in [5.41, 5.74) is 0.846. The summed E-state index contributed by atoms with van der Waals surface area (Å²) in [6.45, 7) is 10.4. The maximum atomic E-state index is 12.7. The zero-order chi connectivity index (χ0) is 27.8. The highest BCUT2D eigenvalue weighted by molar-refractivity contribution is 5.89. The highest BCUT2D eigenvalue weighted by atomic mass is 16.7. The van der Waals surface area contributed by atoms with E-state index in [1.807, 2.05) is 0 Å². The van der Waals surface area contributed by atoms with Gasteiger partial charge in [0.25, 0.3) is 0 Å². The Morgan fingerprint density at radius 2 is 1.00 bits per heavy atom. The molecular formula is C28H34O10. The monoisotopic (exact) mass is 530 g/mol. The normalized spacial score (nSPS) is 13.8. The number of hydrogen-bond donors (Lipinski definition) is 0. The van der Waals surface area contributed by atoms with E-state index in [4.69, 9.17) is 37.9 Å². The van der Waals surface area contributed by atoms with Gasteiger partial charge in [0.2, 0.25) is 25.1 Å². The van der Waals surface area contributed by atoms with Crippen LogP contribution >= 0.6 is 0 Å². The molecule has 10 heteroatoms. The molecule has 0 bridgehead atoms. The van der Waals surface area contributed by atoms with Gasteiger partial charge in [-0.15, -0.1) is 0 Å². The first-order valence-electron chi connectivity index (χ1n) is 12.2. The Kier molecular flexibility index (Phi) is 7.27. The molecule has 2 aromatic rings. The molecule has 0 unspecified atom stereocenters. The predicted octanol–water partition coefficient (Wildman–Crippen LogP) is 5.01. The molecule has 2 aliphatic rings. The summed E-state index contributed by atoms with van der Waals surface area (Å²) < 4.78 is 45.8. The quantitative estimate of drug-likeness (QED) is 0.454. The molecule has 2 heterocycles. The van der Waals surface area contributed by atoms with Crippen LogP contribution in [0.3, 0.4) is 0 Å². The van der Waals surface area contributed by atoms with Crippen molar-refractivity contribution in [2.45, 2.75) is 54.8 Å². The summed E-state index contributed by atoms with van der Waals surface area (Å²) in [5, 5.41) is 0. The third-order valence-electron chi connectivity index (χ3n) is 6.01. The number of carbonyl (C=O) groups is 2. The number of hydrogen-bond acceptors (Lipinski definition) is 10. The van der Waals surface area contributed by atoms with Crippen molar-refractivity contribution in [1.82, 2.24) is 0 Å². The Labute approximate surface area is 222 Å². The largest absolute Gasteiger partial charge is 0.493 e. The number of benzene rings is 2. The fourth-order valence-electron chi connectivity index (χ4n) is 3.98. The Hall–Kier alpha value is -3.82. The lowest BCUT2D eigenvalue weighted by molar-refractivity contribution is -0.155. The van der Waals surface area contributed by atoms with Gasteiger partial charge in [0, 0.05) is 22.3 Å². The van der Waals surface area contributed by atoms with E-state index in [1.165, 1.54) is 14.2 Å². The maximum absolute atomic E-state index is 12.7. The molecule has 0 spiro atoms. The summed E-state index contributed by atoms with van der Waals surface area (Å²) in [6, 6.07) is 3.46. The standard InChI is InChI=1S/C28H34O10/c1-27(2,3)25(29)33-11-15-9-17(31-7)21-23(37-13-35-21)19(15)20-16(12-34-26(30)28(4,5)6)10-18(32-8)22-24(20)38-14-36-22/h9-10H,11-14H2,1-8H3. The van der Waals surface area contributed by atoms with E-state index in [1.54, 1.807) is 53.7 Å². The molecule has 4 rings (SSSR count). The van der Waals surface area contributed by atoms with Gasteiger partial charge in [0.1, 0.15) is 13.2 Å². The molecule has 10 nitrogen and oxygen atoms in total. The first-order valence-corrected chi connectivity index (χ1v) is 12.2. The molecule has 0 fully saturated rings. The van der Waals surface area contributed by atoms with Crippen molar-refractivity contribution in [3.05, 3.63) is 23.3 Å². The minimum atomic E-state index is -0.703. The van der Waals surface area contributed by atoms with Crippen LogP contribution in [-0.4, -0.2) is 39.7 Å². The zero-order valence-corrected chi connectivity index (χ0v) is 23.1. The maximum Gasteiger partial charge on any atom is 0.311 e. The van der Waals surface area contributed by atoms with Crippen LogP contribution in [0.25, 0.3) is 11.1 Å². The Balaban J connectivity index is 1.92. The molecule has 38 heavy (non-hydrogen) atoms. The lowest BCUT2D eigenvalue weighted by atomic mass is 9.92. The van der Waals surface area contributed by atoms with Crippen LogP contribution in [0, 0.1) is 10.8 Å². The molecule has 0 saturated carbocycles. The molecule has 2 aliphatic heterocycles. The summed E-state index contributed by atoms with van der Waals surface area (Å²) in [6.07, 6.45) is 0. The van der Waals surface area contributed by atoms with Gasteiger partial charge in [0.05, 0.1) is 25.0 Å². The second-order valence-electron chi connectivity index (χ2n) is 11.0. The van der Waals surface area contributed by atoms with Crippen LogP contribution in [0.4, 0.5) is 0 Å². The summed E-state index contributed by atoms with van der Waals surface area (Å²) in [7, 11) is 3.03. The van der Waals surface area contributed by atoms with Gasteiger partial charge in [0.15, 0.2) is 23.0 Å². The van der Waals surface area contributed by atoms with Crippen molar-refractivity contribution in [3.8, 4) is 45.6 Å². The van der Waals surface area contributed by atoms with Crippen molar-refractivity contribution in [2.75, 3.05) is 27.8 Å². The fraction of sp³-hybridized carbons (Fsp3) is 0.500. The number of rotatable bonds is 7. The van der Waals surface area contributed by atoms with E-state index < -0.39 is 10.8 Å². The van der Waals surface area contributed by atoms with Crippen molar-refractivity contribution in [1.29, 1.82) is 0 Å². The van der Waals surface area contributed by atoms with Crippen molar-refractivity contribution in [3.63, 3.8) is 0 Å². The molecule has 0 aromatic heterocycles. The molecule has 0 amide bonds. The van der Waals surface area contributed by atoms with Crippen molar-refractivity contribution in [2.24, 2.45) is 10.8 Å². The van der Waals surface area contributed by atoms with Crippen molar-refractivity contribution >= 4 is 11.9 Å². The minimum absolute atomic E-state index is 0.0338. The van der Waals surface area contributed by atoms with E-state index >= 15 is 0 Å². The van der Waals surface area contributed by atoms with Gasteiger partial charge in [-0.05, 0) is 53.7 Å². The molecule has 0 N–H and O–H groups in total. The number of fused-ring (bicyclic) bond motifs is 2. The van der Waals surface area contributed by atoms with E-state index in [-0.39, 0.29) is 38.7 Å². The van der Waals surface area contributed by atoms with Gasteiger partial charge in [-0.2, -0.15) is 0 Å². The van der Waals surface area contributed by atoms with Gasteiger partial charge in [-0.25, -0.2) is 0 Å². The summed E-state index contributed by atoms with van der Waals surface area (Å²) in [4.78, 5) is 25.3. The van der Waals surface area contributed by atoms with Gasteiger partial charge >= 0.3 is 11.9 Å². The Morgan fingerprint density at radius 1 is 0.658 bits per heavy atom. The zero-order valence-electron chi connectivity index (χ0n) is 23.1. The fourth-order valence-corrected chi connectivity index (χ4v) is 3.98. The second kappa shape index (κ2) is 10.2. The van der Waals surface area contributed by atoms with E-state index in [0.717, 1.165) is 0 Å². The average Bonchev–Trinajstić information content (AvgIpc) is 3.53. The van der Waals surface area contributed by atoms with Crippen LogP contribution in [0.2, 0.25) is 0 Å². The summed E-state index contributed by atoms with van der Waals surface area (Å²) in [5.74, 6) is 1.66. The molecule has 0 saturated heterocycles. The number of methoxy groups -OCH3 is 2. The second-order valence-corrected chi connectivity index (χ2v) is 11.0. The SMILES string of the molecule is COc1cc(COC(=O)C(C)(C)C)c(-c2c(COC(=O)C(C)(C)C)cc(OC)c3c2OCO3)c2c1OCO2. The number of esters is 2. The first-order chi connectivity index (χ1) is 17.9. The highest BCUT2D eigenvalue weighted by Gasteiger charge is 2.35. The highest BCUT2D eigenvalue weighted by Crippen LogP contribution is 2.56. The van der Waals surface area contributed by atoms with Crippen LogP contribution in [0.5, 0.6) is 34.5 Å². The van der Waals surface area contributed by atoms with E-state index in [0.29, 0.717) is 56.8 Å². The van der Waals surface area contributed by atoms with Crippen LogP contribution in [0.1, 0.15) is 52.7 Å². The molecule has 0 radical (unpaired) electrons. The van der Waals surface area contributed by atoms with Gasteiger partial charge in [-0.1, -0.05) is 0 Å². The predicted molar refractivity (Wildman–Crippen MR) is 136 cm³/mol. The Bertz CT molecular complexity index is 1150. The Morgan fingerprint density at radius 3 is 1.32 bits per heavy atom. The lowest BCUT2D eigenvalue weighted by Crippen LogP contribution is -2.23. The molecule has 0 atom stereocenters. The van der Waals surface area contributed by atoms with Gasteiger partial charge in [-0.3, -0.25) is 9.59 Å². The van der Waals surface area contributed by atoms with Crippen LogP contribution in [0.15, 0.2) is 12.1 Å². The molecule has 0 aliphatic carbocycles. The summed E-state index contributed by atoms with van der Waals surface area (Å²) >= 11 is 0. The van der Waals surface area contributed by atoms with E-state index in [2.05, 4.69) is 0 Å². The lowest BCUT2D eigenvalue weighted by Gasteiger charge is -2.22. The topological polar surface area (TPSA) is 108 Å². The molecule has 2 aromatic carbocycles. The van der Waals surface area contributed by atoms with Crippen LogP contribution in [-0.2, 0) is 32.3 Å². The average molecular weight is 531 g/mol. The molecular weight excluding hydrogens is 496 g/mol. The number of carbonyl (C=O) groups excluding carboxylic acids is 2. The van der Waals surface area contributed by atoms with Gasteiger partial charge < -0.3 is 37.9 Å². The van der Waals surface area contributed by atoms with E-state index in [9.17, 15) is 9.59 Å². The third-order valence-corrected chi connectivity index (χ3v) is 6.01. The smallest absolute Gasteiger partial charge is 0.311 e. The van der Waals surface area contributed by atoms with Crippen molar-refractivity contribution < 1.29 is 47.5 Å². The first kappa shape index (κ1) is 27.2. The minimum Gasteiger partial charge on any atom is -0.493 e. The third kappa shape index (κ3) is 5.12.